The van der Waals surface area contributed by atoms with Crippen molar-refractivity contribution in [2.75, 3.05) is 26.2 Å². The van der Waals surface area contributed by atoms with Crippen molar-refractivity contribution in [3.8, 4) is 11.1 Å². The van der Waals surface area contributed by atoms with Crippen LogP contribution in [-0.2, 0) is 6.42 Å². The maximum Gasteiger partial charge on any atom is 0.137 e. The van der Waals surface area contributed by atoms with E-state index in [0.717, 1.165) is 44.1 Å². The van der Waals surface area contributed by atoms with Gasteiger partial charge in [0.1, 0.15) is 5.84 Å². The first-order valence-electron chi connectivity index (χ1n) is 11.1. The molecule has 1 N–H and O–H groups in total. The van der Waals surface area contributed by atoms with E-state index in [2.05, 4.69) is 95.1 Å². The molecule has 4 aromatic rings. The Morgan fingerprint density at radius 3 is 2.42 bits per heavy atom. The predicted molar refractivity (Wildman–Crippen MR) is 129 cm³/mol. The van der Waals surface area contributed by atoms with Crippen LogP contribution in [0, 0.1) is 0 Å². The molecule has 6 rings (SSSR count). The maximum absolute atomic E-state index is 5.37. The van der Waals surface area contributed by atoms with Gasteiger partial charge in [0.2, 0.25) is 0 Å². The van der Waals surface area contributed by atoms with E-state index in [9.17, 15) is 0 Å². The number of rotatable bonds is 2. The molecule has 0 radical (unpaired) electrons. The van der Waals surface area contributed by atoms with Crippen molar-refractivity contribution < 1.29 is 0 Å². The molecule has 1 saturated heterocycles. The van der Waals surface area contributed by atoms with Crippen LogP contribution in [0.2, 0.25) is 0 Å². The maximum atomic E-state index is 5.37. The summed E-state index contributed by atoms with van der Waals surface area (Å²) in [6, 6.07) is 30.5. The van der Waals surface area contributed by atoms with E-state index in [-0.39, 0.29) is 0 Å². The molecule has 0 amide bonds. The Hall–Kier alpha value is -3.43. The second-order valence-corrected chi connectivity index (χ2v) is 8.34. The lowest BCUT2D eigenvalue weighted by Gasteiger charge is -2.31. The summed E-state index contributed by atoms with van der Waals surface area (Å²) in [5.41, 5.74) is 7.73. The number of nitrogens with one attached hydrogen (secondary N) is 1. The summed E-state index contributed by atoms with van der Waals surface area (Å²) in [6.45, 7) is 3.92. The molecule has 2 aliphatic rings. The van der Waals surface area contributed by atoms with Gasteiger partial charge in [-0.2, -0.15) is 0 Å². The van der Waals surface area contributed by atoms with Crippen LogP contribution in [0.25, 0.3) is 21.9 Å². The highest BCUT2D eigenvalue weighted by Crippen LogP contribution is 2.41. The summed E-state index contributed by atoms with van der Waals surface area (Å²) in [5, 5.41) is 6.00. The predicted octanol–water partition coefficient (Wildman–Crippen LogP) is 5.39. The molecule has 1 fully saturated rings. The minimum atomic E-state index is 0.954. The number of piperazine rings is 1. The highest BCUT2D eigenvalue weighted by Gasteiger charge is 2.23. The van der Waals surface area contributed by atoms with Gasteiger partial charge in [-0.25, -0.2) is 4.99 Å². The van der Waals surface area contributed by atoms with Crippen molar-refractivity contribution in [2.24, 2.45) is 4.99 Å². The van der Waals surface area contributed by atoms with Gasteiger partial charge in [0.15, 0.2) is 0 Å². The summed E-state index contributed by atoms with van der Waals surface area (Å²) in [4.78, 5) is 7.82. The van der Waals surface area contributed by atoms with Crippen LogP contribution in [-0.4, -0.2) is 36.9 Å². The lowest BCUT2D eigenvalue weighted by atomic mass is 10.0. The van der Waals surface area contributed by atoms with E-state index in [1.165, 1.54) is 38.6 Å². The summed E-state index contributed by atoms with van der Waals surface area (Å²) < 4.78 is 0. The Balaban J connectivity index is 1.54. The van der Waals surface area contributed by atoms with Crippen molar-refractivity contribution in [3.63, 3.8) is 0 Å². The summed E-state index contributed by atoms with van der Waals surface area (Å²) in [5.74, 6) is 1.09. The minimum Gasteiger partial charge on any atom is -0.354 e. The van der Waals surface area contributed by atoms with Gasteiger partial charge in [-0.3, -0.25) is 0 Å². The Labute approximate surface area is 183 Å². The van der Waals surface area contributed by atoms with E-state index >= 15 is 0 Å². The normalized spacial score (nSPS) is 15.7. The second-order valence-electron chi connectivity index (χ2n) is 8.34. The minimum absolute atomic E-state index is 0.954. The molecule has 0 aromatic heterocycles. The van der Waals surface area contributed by atoms with E-state index < -0.39 is 0 Å². The molecule has 1 heterocycles. The molecule has 0 atom stereocenters. The van der Waals surface area contributed by atoms with Gasteiger partial charge in [-0.15, -0.1) is 0 Å². The molecule has 152 valence electrons. The topological polar surface area (TPSA) is 27.6 Å². The third kappa shape index (κ3) is 3.22. The number of amidine groups is 1. The molecule has 1 aliphatic carbocycles. The SMILES string of the molecule is c1ccc2c(c1)Cc1c(N=C(c3cccc4ccccc34)N3CCNCC3)cccc1-2. The zero-order valence-corrected chi connectivity index (χ0v) is 17.5. The monoisotopic (exact) mass is 403 g/mol. The number of benzene rings is 4. The number of hydrogen-bond donors (Lipinski definition) is 1. The van der Waals surface area contributed by atoms with Gasteiger partial charge in [-0.1, -0.05) is 78.9 Å². The molecular formula is C28H25N3. The Bertz CT molecular complexity index is 1290. The van der Waals surface area contributed by atoms with E-state index in [4.69, 9.17) is 4.99 Å². The summed E-state index contributed by atoms with van der Waals surface area (Å²) in [6.07, 6.45) is 0.954. The number of fused-ring (bicyclic) bond motifs is 4. The Morgan fingerprint density at radius 2 is 1.48 bits per heavy atom. The van der Waals surface area contributed by atoms with Crippen LogP contribution in [0.3, 0.4) is 0 Å². The smallest absolute Gasteiger partial charge is 0.137 e. The molecule has 3 nitrogen and oxygen atoms in total. The lowest BCUT2D eigenvalue weighted by Crippen LogP contribution is -2.46. The first kappa shape index (κ1) is 18.3. The second kappa shape index (κ2) is 7.68. The zero-order chi connectivity index (χ0) is 20.6. The van der Waals surface area contributed by atoms with Gasteiger partial charge in [-0.05, 0) is 39.1 Å². The lowest BCUT2D eigenvalue weighted by molar-refractivity contribution is 0.358. The van der Waals surface area contributed by atoms with Crippen LogP contribution in [0.15, 0.2) is 89.9 Å². The van der Waals surface area contributed by atoms with Crippen molar-refractivity contribution in [2.45, 2.75) is 6.42 Å². The molecule has 0 bridgehead atoms. The molecular weight excluding hydrogens is 378 g/mol. The molecule has 0 saturated carbocycles. The van der Waals surface area contributed by atoms with Gasteiger partial charge in [0, 0.05) is 38.2 Å². The van der Waals surface area contributed by atoms with Gasteiger partial charge in [0.05, 0.1) is 5.69 Å². The standard InChI is InChI=1S/C28H25N3/c1-3-10-22-20(7-1)9-5-13-25(22)28(31-17-15-29-16-18-31)30-27-14-6-12-24-23-11-4-2-8-21(23)19-26(24)27/h1-14,29H,15-19H2. The largest absolute Gasteiger partial charge is 0.354 e. The van der Waals surface area contributed by atoms with Crippen molar-refractivity contribution in [1.29, 1.82) is 0 Å². The molecule has 3 heteroatoms. The van der Waals surface area contributed by atoms with E-state index in [1.807, 2.05) is 0 Å². The van der Waals surface area contributed by atoms with Gasteiger partial charge < -0.3 is 10.2 Å². The van der Waals surface area contributed by atoms with Gasteiger partial charge in [0.25, 0.3) is 0 Å². The highest BCUT2D eigenvalue weighted by molar-refractivity contribution is 6.10. The fraction of sp³-hybridized carbons (Fsp3) is 0.179. The number of nitrogens with zero attached hydrogens (tertiary/aromatic N) is 2. The van der Waals surface area contributed by atoms with Crippen LogP contribution in [0.4, 0.5) is 5.69 Å². The molecule has 31 heavy (non-hydrogen) atoms. The summed E-state index contributed by atoms with van der Waals surface area (Å²) >= 11 is 0. The Morgan fingerprint density at radius 1 is 0.742 bits per heavy atom. The van der Waals surface area contributed by atoms with Crippen LogP contribution in [0.1, 0.15) is 16.7 Å². The van der Waals surface area contributed by atoms with Crippen LogP contribution >= 0.6 is 0 Å². The van der Waals surface area contributed by atoms with Crippen molar-refractivity contribution in [1.82, 2.24) is 10.2 Å². The fourth-order valence-electron chi connectivity index (χ4n) is 4.96. The zero-order valence-electron chi connectivity index (χ0n) is 17.5. The third-order valence-corrected chi connectivity index (χ3v) is 6.50. The first-order chi connectivity index (χ1) is 15.4. The molecule has 1 aliphatic heterocycles. The quantitative estimate of drug-likeness (QED) is 0.316. The van der Waals surface area contributed by atoms with Crippen LogP contribution in [0.5, 0.6) is 0 Å². The van der Waals surface area contributed by atoms with Crippen molar-refractivity contribution in [3.05, 3.63) is 102 Å². The first-order valence-corrected chi connectivity index (χ1v) is 11.1. The van der Waals surface area contributed by atoms with Crippen molar-refractivity contribution >= 4 is 22.3 Å². The van der Waals surface area contributed by atoms with Crippen LogP contribution < -0.4 is 5.32 Å². The average Bonchev–Trinajstić information content (AvgIpc) is 3.22. The summed E-state index contributed by atoms with van der Waals surface area (Å²) in [7, 11) is 0. The molecule has 0 unspecified atom stereocenters. The highest BCUT2D eigenvalue weighted by atomic mass is 15.2. The van der Waals surface area contributed by atoms with Gasteiger partial charge >= 0.3 is 0 Å². The Kier molecular flexibility index (Phi) is 4.54. The third-order valence-electron chi connectivity index (χ3n) is 6.50. The fourth-order valence-corrected chi connectivity index (χ4v) is 4.96. The number of hydrogen-bond acceptors (Lipinski definition) is 2. The number of aliphatic imine (C=N–C) groups is 1. The van der Waals surface area contributed by atoms with E-state index in [1.54, 1.807) is 0 Å². The average molecular weight is 404 g/mol. The molecule has 0 spiro atoms. The van der Waals surface area contributed by atoms with E-state index in [0.29, 0.717) is 0 Å². The molecule has 4 aromatic carbocycles.